The summed E-state index contributed by atoms with van der Waals surface area (Å²) in [5.74, 6) is 0.910. The molecule has 1 heterocycles. The first-order valence-corrected chi connectivity index (χ1v) is 7.81. The van der Waals surface area contributed by atoms with Crippen LogP contribution >= 0.6 is 15.9 Å². The summed E-state index contributed by atoms with van der Waals surface area (Å²) >= 11 is 3.67. The van der Waals surface area contributed by atoms with Gasteiger partial charge in [0.05, 0.1) is 15.9 Å². The Hall–Kier alpha value is -0.350. The third-order valence-electron chi connectivity index (χ3n) is 3.92. The van der Waals surface area contributed by atoms with Gasteiger partial charge in [0, 0.05) is 19.6 Å². The number of halogens is 1. The largest absolute Gasteiger partial charge is 0.300 e. The molecule has 0 amide bonds. The highest BCUT2D eigenvalue weighted by Crippen LogP contribution is 2.27. The third kappa shape index (κ3) is 3.15. The molecule has 1 aromatic heterocycles. The normalized spacial score (nSPS) is 16.9. The lowest BCUT2D eigenvalue weighted by Crippen LogP contribution is -2.25. The Morgan fingerprint density at radius 1 is 1.39 bits per heavy atom. The van der Waals surface area contributed by atoms with Crippen molar-refractivity contribution in [3.63, 3.8) is 0 Å². The summed E-state index contributed by atoms with van der Waals surface area (Å²) in [7, 11) is 2.23. The lowest BCUT2D eigenvalue weighted by Gasteiger charge is -2.21. The number of rotatable bonds is 5. The third-order valence-corrected chi connectivity index (χ3v) is 4.95. The Morgan fingerprint density at radius 3 is 2.67 bits per heavy atom. The number of hydrogen-bond acceptors (Lipinski definition) is 2. The zero-order chi connectivity index (χ0) is 13.1. The van der Waals surface area contributed by atoms with Crippen molar-refractivity contribution < 1.29 is 0 Å². The molecule has 2 rings (SSSR count). The Bertz CT molecular complexity index is 394. The van der Waals surface area contributed by atoms with Crippen LogP contribution in [0.4, 0.5) is 0 Å². The molecule has 1 fully saturated rings. The van der Waals surface area contributed by atoms with Crippen molar-refractivity contribution in [3.8, 4) is 0 Å². The molecule has 1 aliphatic rings. The monoisotopic (exact) mass is 313 g/mol. The van der Waals surface area contributed by atoms with E-state index >= 15 is 0 Å². The molecular weight excluding hydrogens is 290 g/mol. The second-order valence-corrected chi connectivity index (χ2v) is 6.30. The molecule has 0 radical (unpaired) electrons. The van der Waals surface area contributed by atoms with Crippen LogP contribution in [-0.2, 0) is 13.1 Å². The molecule has 1 aromatic rings. The van der Waals surface area contributed by atoms with Crippen molar-refractivity contribution in [2.24, 2.45) is 5.92 Å². The van der Waals surface area contributed by atoms with Gasteiger partial charge < -0.3 is 4.90 Å². The Balaban J connectivity index is 1.99. The Labute approximate surface area is 119 Å². The van der Waals surface area contributed by atoms with Crippen molar-refractivity contribution in [2.75, 3.05) is 13.6 Å². The average molecular weight is 314 g/mol. The first kappa shape index (κ1) is 14.1. The lowest BCUT2D eigenvalue weighted by molar-refractivity contribution is 0.263. The van der Waals surface area contributed by atoms with Gasteiger partial charge >= 0.3 is 0 Å². The van der Waals surface area contributed by atoms with Crippen LogP contribution in [0.5, 0.6) is 0 Å². The van der Waals surface area contributed by atoms with E-state index in [4.69, 9.17) is 0 Å². The molecule has 4 heteroatoms. The highest BCUT2D eigenvalue weighted by atomic mass is 79.9. The number of hydrogen-bond donors (Lipinski definition) is 0. The summed E-state index contributed by atoms with van der Waals surface area (Å²) in [6.07, 6.45) is 5.68. The van der Waals surface area contributed by atoms with E-state index in [2.05, 4.69) is 51.5 Å². The van der Waals surface area contributed by atoms with Crippen molar-refractivity contribution in [3.05, 3.63) is 15.9 Å². The zero-order valence-corrected chi connectivity index (χ0v) is 13.3. The maximum atomic E-state index is 4.56. The summed E-state index contributed by atoms with van der Waals surface area (Å²) in [5.41, 5.74) is 2.41. The quantitative estimate of drug-likeness (QED) is 0.828. The zero-order valence-electron chi connectivity index (χ0n) is 11.7. The minimum Gasteiger partial charge on any atom is -0.300 e. The van der Waals surface area contributed by atoms with Crippen molar-refractivity contribution in [1.29, 1.82) is 0 Å². The van der Waals surface area contributed by atoms with Crippen LogP contribution in [0.1, 0.15) is 44.0 Å². The minimum atomic E-state index is 0.910. The number of nitrogens with zero attached hydrogens (tertiary/aromatic N) is 3. The van der Waals surface area contributed by atoms with Gasteiger partial charge in [0.25, 0.3) is 0 Å². The highest BCUT2D eigenvalue weighted by Gasteiger charge is 2.19. The molecule has 0 N–H and O–H groups in total. The summed E-state index contributed by atoms with van der Waals surface area (Å²) in [6, 6.07) is 0. The van der Waals surface area contributed by atoms with Gasteiger partial charge in [0.1, 0.15) is 0 Å². The van der Waals surface area contributed by atoms with Crippen LogP contribution in [0.25, 0.3) is 0 Å². The fourth-order valence-corrected chi connectivity index (χ4v) is 3.38. The molecule has 0 unspecified atom stereocenters. The molecule has 0 aromatic carbocycles. The van der Waals surface area contributed by atoms with Gasteiger partial charge in [-0.05, 0) is 55.6 Å². The van der Waals surface area contributed by atoms with E-state index < -0.39 is 0 Å². The maximum Gasteiger partial charge on any atom is 0.0739 e. The van der Waals surface area contributed by atoms with E-state index in [0.717, 1.165) is 24.7 Å². The van der Waals surface area contributed by atoms with Crippen LogP contribution in [0, 0.1) is 12.8 Å². The average Bonchev–Trinajstić information content (AvgIpc) is 2.92. The van der Waals surface area contributed by atoms with Gasteiger partial charge in [0.15, 0.2) is 0 Å². The Morgan fingerprint density at radius 2 is 2.06 bits per heavy atom. The summed E-state index contributed by atoms with van der Waals surface area (Å²) in [5, 5.41) is 4.56. The molecule has 0 spiro atoms. The van der Waals surface area contributed by atoms with Crippen LogP contribution in [0.15, 0.2) is 4.47 Å². The van der Waals surface area contributed by atoms with Gasteiger partial charge in [-0.2, -0.15) is 5.10 Å². The van der Waals surface area contributed by atoms with Crippen LogP contribution in [0.3, 0.4) is 0 Å². The predicted octanol–water partition coefficient (Wildman–Crippen LogP) is 3.60. The Kier molecular flexibility index (Phi) is 4.84. The molecular formula is C14H24BrN3. The van der Waals surface area contributed by atoms with Crippen molar-refractivity contribution in [1.82, 2.24) is 14.7 Å². The summed E-state index contributed by atoms with van der Waals surface area (Å²) in [4.78, 5) is 2.45. The first-order valence-electron chi connectivity index (χ1n) is 7.02. The van der Waals surface area contributed by atoms with Gasteiger partial charge in [-0.3, -0.25) is 4.68 Å². The van der Waals surface area contributed by atoms with E-state index in [1.54, 1.807) is 0 Å². The number of aromatic nitrogens is 2. The molecule has 1 aliphatic carbocycles. The molecule has 18 heavy (non-hydrogen) atoms. The van der Waals surface area contributed by atoms with Crippen LogP contribution in [0.2, 0.25) is 0 Å². The van der Waals surface area contributed by atoms with E-state index in [1.165, 1.54) is 42.4 Å². The van der Waals surface area contributed by atoms with Gasteiger partial charge in [-0.1, -0.05) is 12.8 Å². The van der Waals surface area contributed by atoms with Crippen LogP contribution < -0.4 is 0 Å². The molecule has 3 nitrogen and oxygen atoms in total. The molecule has 0 bridgehead atoms. The maximum absolute atomic E-state index is 4.56. The standard InChI is InChI=1S/C14H24BrN3/c1-4-18-13(14(15)11(2)16-18)10-17(3)9-12-7-5-6-8-12/h12H,4-10H2,1-3H3. The lowest BCUT2D eigenvalue weighted by atomic mass is 10.1. The fourth-order valence-electron chi connectivity index (χ4n) is 2.97. The van der Waals surface area contributed by atoms with Crippen molar-refractivity contribution in [2.45, 2.75) is 52.6 Å². The first-order chi connectivity index (χ1) is 8.61. The second kappa shape index (κ2) is 6.20. The number of aryl methyl sites for hydroxylation is 2. The molecule has 0 atom stereocenters. The summed E-state index contributed by atoms with van der Waals surface area (Å²) in [6.45, 7) is 7.38. The topological polar surface area (TPSA) is 21.1 Å². The molecule has 0 aliphatic heterocycles. The molecule has 0 saturated heterocycles. The second-order valence-electron chi connectivity index (χ2n) is 5.51. The highest BCUT2D eigenvalue weighted by molar-refractivity contribution is 9.10. The fraction of sp³-hybridized carbons (Fsp3) is 0.786. The van der Waals surface area contributed by atoms with Gasteiger partial charge in [-0.15, -0.1) is 0 Å². The van der Waals surface area contributed by atoms with E-state index in [9.17, 15) is 0 Å². The van der Waals surface area contributed by atoms with E-state index in [0.29, 0.717) is 0 Å². The van der Waals surface area contributed by atoms with Crippen LogP contribution in [-0.4, -0.2) is 28.3 Å². The van der Waals surface area contributed by atoms with E-state index in [-0.39, 0.29) is 0 Å². The smallest absolute Gasteiger partial charge is 0.0739 e. The molecule has 102 valence electrons. The minimum absolute atomic E-state index is 0.910. The molecule has 1 saturated carbocycles. The van der Waals surface area contributed by atoms with E-state index in [1.807, 2.05) is 0 Å². The summed E-state index contributed by atoms with van der Waals surface area (Å²) < 4.78 is 3.30. The SMILES string of the molecule is CCn1nc(C)c(Br)c1CN(C)CC1CCCC1. The predicted molar refractivity (Wildman–Crippen MR) is 78.6 cm³/mol. The van der Waals surface area contributed by atoms with Crippen molar-refractivity contribution >= 4 is 15.9 Å². The van der Waals surface area contributed by atoms with Gasteiger partial charge in [0.2, 0.25) is 0 Å². The van der Waals surface area contributed by atoms with Gasteiger partial charge in [-0.25, -0.2) is 0 Å².